The Bertz CT molecular complexity index is 863. The number of anilines is 2. The van der Waals surface area contributed by atoms with Crippen molar-refractivity contribution in [1.29, 1.82) is 0 Å². The van der Waals surface area contributed by atoms with Gasteiger partial charge in [-0.3, -0.25) is 9.52 Å². The van der Waals surface area contributed by atoms with Gasteiger partial charge in [0.1, 0.15) is 11.5 Å². The minimum absolute atomic E-state index is 0.0677. The molecule has 0 bridgehead atoms. The van der Waals surface area contributed by atoms with E-state index in [-0.39, 0.29) is 16.5 Å². The van der Waals surface area contributed by atoms with E-state index < -0.39 is 10.0 Å². The van der Waals surface area contributed by atoms with Crippen molar-refractivity contribution >= 4 is 27.3 Å². The molecule has 0 spiro atoms. The first-order chi connectivity index (χ1) is 11.8. The number of benzene rings is 2. The number of ether oxygens (including phenoxy) is 2. The summed E-state index contributed by atoms with van der Waals surface area (Å²) >= 11 is 0. The summed E-state index contributed by atoms with van der Waals surface area (Å²) in [4.78, 5) is 12.9. The molecule has 0 aliphatic rings. The third kappa shape index (κ3) is 4.21. The summed E-state index contributed by atoms with van der Waals surface area (Å²) in [7, 11) is 0.734. The summed E-state index contributed by atoms with van der Waals surface area (Å²) in [5.41, 5.74) is 0.872. The van der Waals surface area contributed by atoms with E-state index in [1.54, 1.807) is 31.3 Å². The number of nitrogens with zero attached hydrogens (tertiary/aromatic N) is 1. The Labute approximate surface area is 147 Å². The highest BCUT2D eigenvalue weighted by molar-refractivity contribution is 7.92. The number of nitrogens with one attached hydrogen (secondary N) is 1. The molecule has 0 aromatic heterocycles. The van der Waals surface area contributed by atoms with Crippen LogP contribution in [0, 0.1) is 0 Å². The number of sulfonamides is 1. The maximum absolute atomic E-state index is 12.6. The van der Waals surface area contributed by atoms with E-state index in [4.69, 9.17) is 9.47 Å². The van der Waals surface area contributed by atoms with Gasteiger partial charge in [0.15, 0.2) is 0 Å². The molecule has 0 saturated carbocycles. The molecule has 2 rings (SSSR count). The molecule has 2 aromatic rings. The first-order valence-corrected chi connectivity index (χ1v) is 8.86. The molecule has 25 heavy (non-hydrogen) atoms. The van der Waals surface area contributed by atoms with Gasteiger partial charge >= 0.3 is 0 Å². The van der Waals surface area contributed by atoms with Crippen molar-refractivity contribution in [2.45, 2.75) is 11.8 Å². The molecule has 0 aliphatic carbocycles. The van der Waals surface area contributed by atoms with Crippen LogP contribution in [-0.4, -0.2) is 35.6 Å². The predicted octanol–water partition coefficient (Wildman–Crippen LogP) is 2.49. The monoisotopic (exact) mass is 364 g/mol. The van der Waals surface area contributed by atoms with Gasteiger partial charge in [-0.1, -0.05) is 0 Å². The van der Waals surface area contributed by atoms with E-state index >= 15 is 0 Å². The largest absolute Gasteiger partial charge is 0.497 e. The number of rotatable bonds is 6. The lowest BCUT2D eigenvalue weighted by molar-refractivity contribution is -0.116. The molecule has 0 saturated heterocycles. The third-order valence-corrected chi connectivity index (χ3v) is 5.04. The average molecular weight is 364 g/mol. The predicted molar refractivity (Wildman–Crippen MR) is 95.9 cm³/mol. The number of hydrogen-bond acceptors (Lipinski definition) is 5. The first-order valence-electron chi connectivity index (χ1n) is 7.37. The summed E-state index contributed by atoms with van der Waals surface area (Å²) in [5, 5.41) is 0. The second kappa shape index (κ2) is 7.43. The molecule has 0 unspecified atom stereocenters. The quantitative estimate of drug-likeness (QED) is 0.851. The van der Waals surface area contributed by atoms with Crippen LogP contribution in [0.4, 0.5) is 11.4 Å². The maximum Gasteiger partial charge on any atom is 0.262 e. The van der Waals surface area contributed by atoms with Gasteiger partial charge in [-0.25, -0.2) is 8.42 Å². The van der Waals surface area contributed by atoms with Crippen molar-refractivity contribution in [2.24, 2.45) is 0 Å². The molecule has 0 heterocycles. The van der Waals surface area contributed by atoms with E-state index in [0.29, 0.717) is 17.2 Å². The van der Waals surface area contributed by atoms with Crippen molar-refractivity contribution in [3.8, 4) is 11.5 Å². The van der Waals surface area contributed by atoms with E-state index in [9.17, 15) is 13.2 Å². The molecule has 0 atom stereocenters. The van der Waals surface area contributed by atoms with Crippen molar-refractivity contribution in [2.75, 3.05) is 30.9 Å². The van der Waals surface area contributed by atoms with Gasteiger partial charge in [-0.2, -0.15) is 0 Å². The van der Waals surface area contributed by atoms with Crippen LogP contribution < -0.4 is 19.1 Å². The van der Waals surface area contributed by atoms with Crippen molar-refractivity contribution in [1.82, 2.24) is 0 Å². The van der Waals surface area contributed by atoms with Crippen LogP contribution in [0.25, 0.3) is 0 Å². The summed E-state index contributed by atoms with van der Waals surface area (Å²) in [6.45, 7) is 1.43. The number of amides is 1. The Hall–Kier alpha value is -2.74. The molecule has 8 heteroatoms. The Balaban J connectivity index is 2.32. The van der Waals surface area contributed by atoms with Crippen LogP contribution in [-0.2, 0) is 14.8 Å². The Morgan fingerprint density at radius 2 is 1.68 bits per heavy atom. The van der Waals surface area contributed by atoms with E-state index in [1.807, 2.05) is 0 Å². The van der Waals surface area contributed by atoms with Crippen LogP contribution in [0.15, 0.2) is 47.4 Å². The Morgan fingerprint density at radius 1 is 1.04 bits per heavy atom. The normalized spacial score (nSPS) is 10.9. The van der Waals surface area contributed by atoms with Gasteiger partial charge in [0.05, 0.1) is 24.8 Å². The average Bonchev–Trinajstić information content (AvgIpc) is 2.60. The molecule has 0 fully saturated rings. The van der Waals surface area contributed by atoms with E-state index in [1.165, 1.54) is 44.2 Å². The van der Waals surface area contributed by atoms with Gasteiger partial charge in [0.25, 0.3) is 10.0 Å². The fourth-order valence-electron chi connectivity index (χ4n) is 2.13. The molecule has 1 N–H and O–H groups in total. The summed E-state index contributed by atoms with van der Waals surface area (Å²) < 4.78 is 38.0. The smallest absolute Gasteiger partial charge is 0.262 e. The lowest BCUT2D eigenvalue weighted by Gasteiger charge is -2.16. The Morgan fingerprint density at radius 3 is 2.20 bits per heavy atom. The molecular weight excluding hydrogens is 344 g/mol. The third-order valence-electron chi connectivity index (χ3n) is 3.66. The summed E-state index contributed by atoms with van der Waals surface area (Å²) in [6.07, 6.45) is 0. The first kappa shape index (κ1) is 18.6. The van der Waals surface area contributed by atoms with Crippen LogP contribution in [0.3, 0.4) is 0 Å². The fourth-order valence-corrected chi connectivity index (χ4v) is 3.19. The van der Waals surface area contributed by atoms with Crippen LogP contribution in [0.5, 0.6) is 11.5 Å². The minimum atomic E-state index is -3.82. The molecule has 7 nitrogen and oxygen atoms in total. The standard InChI is InChI=1S/C17H20N2O5S/c1-12(20)19(2)13-5-8-15(9-6-13)25(21,22)18-16-11-14(23-3)7-10-17(16)24-4/h5-11,18H,1-4H3. The van der Waals surface area contributed by atoms with Gasteiger partial charge in [-0.15, -0.1) is 0 Å². The van der Waals surface area contributed by atoms with Gasteiger partial charge in [0.2, 0.25) is 5.91 Å². The molecule has 2 aromatic carbocycles. The number of methoxy groups -OCH3 is 2. The lowest BCUT2D eigenvalue weighted by Crippen LogP contribution is -2.22. The van der Waals surface area contributed by atoms with Crippen molar-refractivity contribution in [3.63, 3.8) is 0 Å². The molecule has 1 amide bonds. The van der Waals surface area contributed by atoms with Crippen molar-refractivity contribution in [3.05, 3.63) is 42.5 Å². The molecule has 0 aliphatic heterocycles. The van der Waals surface area contributed by atoms with Crippen LogP contribution in [0.1, 0.15) is 6.92 Å². The van der Waals surface area contributed by atoms with Gasteiger partial charge < -0.3 is 14.4 Å². The molecular formula is C17H20N2O5S. The van der Waals surface area contributed by atoms with Crippen LogP contribution in [0.2, 0.25) is 0 Å². The van der Waals surface area contributed by atoms with Gasteiger partial charge in [-0.05, 0) is 36.4 Å². The highest BCUT2D eigenvalue weighted by atomic mass is 32.2. The second-order valence-corrected chi connectivity index (χ2v) is 6.93. The highest BCUT2D eigenvalue weighted by Gasteiger charge is 2.18. The number of carbonyl (C=O) groups is 1. The highest BCUT2D eigenvalue weighted by Crippen LogP contribution is 2.31. The zero-order valence-corrected chi connectivity index (χ0v) is 15.3. The van der Waals surface area contributed by atoms with Gasteiger partial charge in [0, 0.05) is 25.7 Å². The zero-order chi connectivity index (χ0) is 18.6. The topological polar surface area (TPSA) is 84.9 Å². The van der Waals surface area contributed by atoms with E-state index in [0.717, 1.165) is 0 Å². The summed E-state index contributed by atoms with van der Waals surface area (Å²) in [6, 6.07) is 10.8. The fraction of sp³-hybridized carbons (Fsp3) is 0.235. The number of carbonyl (C=O) groups excluding carboxylic acids is 1. The molecule has 0 radical (unpaired) electrons. The molecule has 134 valence electrons. The Kier molecular flexibility index (Phi) is 5.53. The zero-order valence-electron chi connectivity index (χ0n) is 14.4. The SMILES string of the molecule is COc1ccc(OC)c(NS(=O)(=O)c2ccc(N(C)C(C)=O)cc2)c1. The number of hydrogen-bond donors (Lipinski definition) is 1. The summed E-state index contributed by atoms with van der Waals surface area (Å²) in [5.74, 6) is 0.726. The van der Waals surface area contributed by atoms with Crippen molar-refractivity contribution < 1.29 is 22.7 Å². The lowest BCUT2D eigenvalue weighted by atomic mass is 10.3. The van der Waals surface area contributed by atoms with E-state index in [2.05, 4.69) is 4.72 Å². The maximum atomic E-state index is 12.6. The minimum Gasteiger partial charge on any atom is -0.497 e. The second-order valence-electron chi connectivity index (χ2n) is 5.24. The van der Waals surface area contributed by atoms with Crippen LogP contribution >= 0.6 is 0 Å².